The molecule has 0 unspecified atom stereocenters. The Morgan fingerprint density at radius 3 is 1.28 bits per heavy atom. The van der Waals surface area contributed by atoms with E-state index in [-0.39, 0.29) is 52.5 Å². The van der Waals surface area contributed by atoms with Crippen LogP contribution in [0.4, 0.5) is 60.4 Å². The number of alkyl carbamates (subject to hydrolysis) is 1. The first-order valence-corrected chi connectivity index (χ1v) is 30.3. The molecule has 5 amide bonds. The van der Waals surface area contributed by atoms with E-state index in [1.807, 2.05) is 65.2 Å². The number of nitrogens with one attached hydrogen (secondary N) is 11. The van der Waals surface area contributed by atoms with E-state index in [0.717, 1.165) is 96.4 Å². The third-order valence-corrected chi connectivity index (χ3v) is 14.5. The molecule has 4 aliphatic rings. The summed E-state index contributed by atoms with van der Waals surface area (Å²) in [7, 11) is 8.34. The first kappa shape index (κ1) is 69.4. The fraction of sp³-hybridized carbons (Fsp3) is 0.371. The standard InChI is InChI=1S/C18H18FN3O2S.C16H23N3O2S.C15H19N3O4S.C13H17N3O2S/c1-24-16-10-14-11(3-2-4-17(23)21-14)9-15(16)22-18(25)20-13-7-5-12(19)6-8-13;1-16(2,3)19-15(22)18-12-8-10-6-5-7-14(20)17-11(10)9-13(12)21-4;1-3-22-15(20)18-14(23)17-11-7-9-5-4-6-13(19)16-10(9)8-12(11)21-2;1-16(2)13(19)15-10-6-8-4-3-5-12(18)14-9(8)7-11(10)17/h5-10H,2-4H2,1H3,(H,21,23)(H2,20,22,25);8-9H,5-7H2,1-4H3,(H,17,20)(H2,18,19,22);7-8H,3-6H2,1-2H3,(H,16,19)(H2,17,18,20,23);6-7,17H,3-5H2,1-2H3,(H,14,18)(H,15,19). The number of phenolic OH excluding ortho intramolecular Hbond substituents is 1. The highest BCUT2D eigenvalue weighted by Gasteiger charge is 2.22. The van der Waals surface area contributed by atoms with E-state index in [1.165, 1.54) is 19.2 Å². The number of benzene rings is 5. The minimum atomic E-state index is -0.619. The van der Waals surface area contributed by atoms with Gasteiger partial charge in [0, 0.05) is 98.0 Å². The molecule has 27 heteroatoms. The summed E-state index contributed by atoms with van der Waals surface area (Å²) in [5.74, 6) is 1.54. The Balaban J connectivity index is 0.000000190. The molecule has 5 aromatic carbocycles. The van der Waals surface area contributed by atoms with Crippen LogP contribution in [0.25, 0.3) is 0 Å². The Morgan fingerprint density at radius 1 is 0.539 bits per heavy atom. The van der Waals surface area contributed by atoms with Crippen molar-refractivity contribution in [3.63, 3.8) is 0 Å². The zero-order chi connectivity index (χ0) is 65.0. The molecule has 9 rings (SSSR count). The molecule has 89 heavy (non-hydrogen) atoms. The lowest BCUT2D eigenvalue weighted by Crippen LogP contribution is -2.43. The van der Waals surface area contributed by atoms with Gasteiger partial charge in [-0.05, 0) is 199 Å². The number of nitrogens with zero attached hydrogens (tertiary/aromatic N) is 1. The maximum absolute atomic E-state index is 13.0. The summed E-state index contributed by atoms with van der Waals surface area (Å²) in [6.45, 7) is 8.11. The van der Waals surface area contributed by atoms with Crippen molar-refractivity contribution < 1.29 is 52.4 Å². The van der Waals surface area contributed by atoms with Crippen LogP contribution in [0.1, 0.15) is 101 Å². The fourth-order valence-electron chi connectivity index (χ4n) is 9.26. The lowest BCUT2D eigenvalue weighted by Gasteiger charge is -2.24. The van der Waals surface area contributed by atoms with Crippen LogP contribution in [0.5, 0.6) is 23.0 Å². The van der Waals surface area contributed by atoms with Crippen molar-refractivity contribution in [2.75, 3.05) is 89.9 Å². The number of fused-ring (bicyclic) bond motifs is 4. The summed E-state index contributed by atoms with van der Waals surface area (Å²) in [5, 5.41) is 43.8. The van der Waals surface area contributed by atoms with Crippen molar-refractivity contribution in [3.8, 4) is 23.0 Å². The number of methoxy groups -OCH3 is 3. The highest BCUT2D eigenvalue weighted by molar-refractivity contribution is 7.81. The number of carbonyl (C=O) groups is 5. The number of rotatable bonds is 9. The van der Waals surface area contributed by atoms with E-state index in [4.69, 9.17) is 67.8 Å². The smallest absolute Gasteiger partial charge is 0.413 e. The molecule has 476 valence electrons. The van der Waals surface area contributed by atoms with Crippen LogP contribution in [0, 0.1) is 5.82 Å². The SMILES string of the molecule is CCOC(=O)NC(=S)Nc1cc2c(cc1OC)NC(=O)CCC2.CN(C)C(=S)Nc1cc2c(cc1O)NC(=O)CCC2.COc1cc2c(cc1NC(=S)NC(C)(C)C)CCCC(=O)N2.COc1cc2c(cc1NC(=S)Nc1ccc(F)cc1)CCCC(=O)N2. The van der Waals surface area contributed by atoms with Gasteiger partial charge in [0.25, 0.3) is 0 Å². The predicted octanol–water partition coefficient (Wildman–Crippen LogP) is 11.3. The number of hydrogen-bond acceptors (Lipinski definition) is 14. The third-order valence-electron chi connectivity index (χ3n) is 13.5. The number of halogens is 1. The molecule has 4 heterocycles. The molecule has 0 saturated carbocycles. The molecule has 0 saturated heterocycles. The minimum Gasteiger partial charge on any atom is -0.506 e. The Hall–Kier alpha value is -8.66. The molecule has 5 aromatic rings. The highest BCUT2D eigenvalue weighted by atomic mass is 32.1. The van der Waals surface area contributed by atoms with Gasteiger partial charge in [-0.15, -0.1) is 0 Å². The van der Waals surface area contributed by atoms with Crippen molar-refractivity contribution in [3.05, 3.63) is 101 Å². The number of aromatic hydroxyl groups is 1. The Bertz CT molecular complexity index is 3460. The number of aryl methyl sites for hydroxylation is 4. The Labute approximate surface area is 539 Å². The quantitative estimate of drug-likeness (QED) is 0.0483. The number of anilines is 9. The van der Waals surface area contributed by atoms with Crippen molar-refractivity contribution in [1.29, 1.82) is 0 Å². The maximum Gasteiger partial charge on any atom is 0.413 e. The topological polar surface area (TPSA) is 278 Å². The van der Waals surface area contributed by atoms with Crippen LogP contribution < -0.4 is 72.7 Å². The summed E-state index contributed by atoms with van der Waals surface area (Å²) in [6.07, 6.45) is 7.87. The lowest BCUT2D eigenvalue weighted by molar-refractivity contribution is -0.117. The van der Waals surface area contributed by atoms with Crippen molar-refractivity contribution in [2.45, 2.75) is 110 Å². The lowest BCUT2D eigenvalue weighted by atomic mass is 10.1. The van der Waals surface area contributed by atoms with E-state index in [0.29, 0.717) is 86.7 Å². The van der Waals surface area contributed by atoms with Crippen molar-refractivity contribution in [2.24, 2.45) is 0 Å². The maximum atomic E-state index is 13.0. The fourth-order valence-corrected chi connectivity index (χ4v) is 10.2. The molecule has 0 spiro atoms. The molecule has 0 aromatic heterocycles. The second-order valence-electron chi connectivity index (χ2n) is 21.8. The minimum absolute atomic E-state index is 0.00832. The molecular formula is C62H77FN12O10S4. The second kappa shape index (κ2) is 33.1. The van der Waals surface area contributed by atoms with Gasteiger partial charge in [0.2, 0.25) is 23.6 Å². The number of ether oxygens (including phenoxy) is 4. The summed E-state index contributed by atoms with van der Waals surface area (Å²) < 4.78 is 33.9. The molecule has 0 atom stereocenters. The molecular weight excluding hydrogens is 1220 g/mol. The Kier molecular flexibility index (Phi) is 25.8. The van der Waals surface area contributed by atoms with Gasteiger partial charge in [0.15, 0.2) is 20.4 Å². The average Bonchev–Trinajstić information content (AvgIpc) is 3.56. The summed E-state index contributed by atoms with van der Waals surface area (Å²) in [6, 6.07) is 20.5. The first-order chi connectivity index (χ1) is 42.3. The van der Waals surface area contributed by atoms with Crippen LogP contribution in [0.15, 0.2) is 72.8 Å². The zero-order valence-corrected chi connectivity index (χ0v) is 54.5. The third kappa shape index (κ3) is 21.9. The second-order valence-corrected chi connectivity index (χ2v) is 23.4. The molecule has 22 nitrogen and oxygen atoms in total. The molecule has 0 radical (unpaired) electrons. The number of amides is 5. The van der Waals surface area contributed by atoms with Gasteiger partial charge in [-0.1, -0.05) is 0 Å². The van der Waals surface area contributed by atoms with Crippen LogP contribution in [-0.2, 0) is 49.6 Å². The van der Waals surface area contributed by atoms with Crippen LogP contribution in [0.3, 0.4) is 0 Å². The van der Waals surface area contributed by atoms with E-state index < -0.39 is 6.09 Å². The van der Waals surface area contributed by atoms with Gasteiger partial charge in [-0.25, -0.2) is 9.18 Å². The highest BCUT2D eigenvalue weighted by Crippen LogP contribution is 2.38. The van der Waals surface area contributed by atoms with E-state index in [2.05, 4.69) is 58.5 Å². The predicted molar refractivity (Wildman–Crippen MR) is 365 cm³/mol. The molecule has 0 bridgehead atoms. The zero-order valence-electron chi connectivity index (χ0n) is 51.2. The summed E-state index contributed by atoms with van der Waals surface area (Å²) in [5.41, 5.74) is 10.4. The normalized spacial score (nSPS) is 13.7. The monoisotopic (exact) mass is 1300 g/mol. The number of thiocarbonyl (C=S) groups is 4. The van der Waals surface area contributed by atoms with Crippen molar-refractivity contribution in [1.82, 2.24) is 15.5 Å². The first-order valence-electron chi connectivity index (χ1n) is 28.7. The number of carbonyl (C=O) groups excluding carboxylic acids is 5. The van der Waals surface area contributed by atoms with Gasteiger partial charge < -0.3 is 82.1 Å². The molecule has 4 aliphatic heterocycles. The largest absolute Gasteiger partial charge is 0.506 e. The molecule has 12 N–H and O–H groups in total. The van der Waals surface area contributed by atoms with Gasteiger partial charge in [-0.2, -0.15) is 0 Å². The van der Waals surface area contributed by atoms with E-state index >= 15 is 0 Å². The van der Waals surface area contributed by atoms with Crippen LogP contribution >= 0.6 is 48.9 Å². The van der Waals surface area contributed by atoms with Gasteiger partial charge in [0.05, 0.1) is 50.7 Å². The molecule has 0 fully saturated rings. The van der Waals surface area contributed by atoms with Gasteiger partial charge in [-0.3, -0.25) is 24.5 Å². The Morgan fingerprint density at radius 2 is 0.910 bits per heavy atom. The van der Waals surface area contributed by atoms with E-state index in [1.54, 1.807) is 56.4 Å². The van der Waals surface area contributed by atoms with Crippen molar-refractivity contribution >= 4 is 150 Å². The van der Waals surface area contributed by atoms with Gasteiger partial charge >= 0.3 is 6.09 Å². The van der Waals surface area contributed by atoms with Crippen LogP contribution in [0.2, 0.25) is 0 Å². The summed E-state index contributed by atoms with van der Waals surface area (Å²) in [4.78, 5) is 59.6. The average molecular weight is 1300 g/mol. The molecule has 0 aliphatic carbocycles. The number of phenols is 1. The summed E-state index contributed by atoms with van der Waals surface area (Å²) >= 11 is 20.9. The van der Waals surface area contributed by atoms with Gasteiger partial charge in [0.1, 0.15) is 28.8 Å². The van der Waals surface area contributed by atoms with E-state index in [9.17, 15) is 33.5 Å². The number of hydrogen-bond donors (Lipinski definition) is 12. The van der Waals surface area contributed by atoms with Crippen LogP contribution in [-0.4, -0.2) is 108 Å².